The van der Waals surface area contributed by atoms with E-state index in [1.807, 2.05) is 25.7 Å². The molecule has 1 fully saturated rings. The van der Waals surface area contributed by atoms with E-state index < -0.39 is 11.7 Å². The van der Waals surface area contributed by atoms with Crippen LogP contribution in [0.5, 0.6) is 0 Å². The Bertz CT molecular complexity index is 1210. The molecule has 230 valence electrons. The maximum Gasteiger partial charge on any atom is 0.407 e. The summed E-state index contributed by atoms with van der Waals surface area (Å²) in [4.78, 5) is 38.3. The van der Waals surface area contributed by atoms with Crippen LogP contribution in [-0.2, 0) is 27.2 Å². The third-order valence-corrected chi connectivity index (χ3v) is 7.30. The van der Waals surface area contributed by atoms with Gasteiger partial charge in [-0.25, -0.2) is 9.59 Å². The zero-order chi connectivity index (χ0) is 31.0. The van der Waals surface area contributed by atoms with E-state index in [1.165, 1.54) is 22.3 Å². The summed E-state index contributed by atoms with van der Waals surface area (Å²) in [6.07, 6.45) is 2.74. The van der Waals surface area contributed by atoms with Gasteiger partial charge in [0.1, 0.15) is 5.60 Å². The number of nitrogens with zero attached hydrogens (tertiary/aromatic N) is 2. The quantitative estimate of drug-likeness (QED) is 0.447. The number of amides is 3. The Morgan fingerprint density at radius 1 is 1.00 bits per heavy atom. The summed E-state index contributed by atoms with van der Waals surface area (Å²) >= 11 is 0. The lowest BCUT2D eigenvalue weighted by Crippen LogP contribution is -2.45. The SMILES string of the molecule is CC(=O)N1c2ccc(-c3ccc(CN4CCC(NC(=O)OC(C)(C)C)CC4)cc3)cc2CC[C@@H]1C.CC(C)OC(N)=O. The molecule has 2 aromatic rings. The number of hydrogen-bond donors (Lipinski definition) is 2. The van der Waals surface area contributed by atoms with Gasteiger partial charge in [0, 0.05) is 44.3 Å². The largest absolute Gasteiger partial charge is 0.447 e. The van der Waals surface area contributed by atoms with Gasteiger partial charge in [0.05, 0.1) is 6.10 Å². The second kappa shape index (κ2) is 14.5. The number of carbonyl (C=O) groups is 3. The summed E-state index contributed by atoms with van der Waals surface area (Å²) in [5.74, 6) is 0.111. The molecule has 4 rings (SSSR count). The summed E-state index contributed by atoms with van der Waals surface area (Å²) in [5, 5.41) is 3.01. The van der Waals surface area contributed by atoms with Crippen molar-refractivity contribution >= 4 is 23.8 Å². The van der Waals surface area contributed by atoms with E-state index in [0.29, 0.717) is 0 Å². The van der Waals surface area contributed by atoms with E-state index in [2.05, 4.69) is 70.1 Å². The number of alkyl carbamates (subject to hydrolysis) is 1. The first-order valence-corrected chi connectivity index (χ1v) is 14.9. The molecule has 0 saturated carbocycles. The van der Waals surface area contributed by atoms with Gasteiger partial charge in [0.2, 0.25) is 5.91 Å². The molecule has 3 N–H and O–H groups in total. The van der Waals surface area contributed by atoms with Crippen LogP contribution in [0.2, 0.25) is 0 Å². The summed E-state index contributed by atoms with van der Waals surface area (Å²) in [5.41, 5.74) is 10.2. The predicted molar refractivity (Wildman–Crippen MR) is 166 cm³/mol. The van der Waals surface area contributed by atoms with Crippen LogP contribution >= 0.6 is 0 Å². The molecule has 1 saturated heterocycles. The second-order valence-electron chi connectivity index (χ2n) is 12.5. The minimum Gasteiger partial charge on any atom is -0.447 e. The number of likely N-dealkylation sites (tertiary alicyclic amines) is 1. The number of aryl methyl sites for hydroxylation is 1. The van der Waals surface area contributed by atoms with Gasteiger partial charge in [0.25, 0.3) is 0 Å². The standard InChI is InChI=1S/C29H39N3O3.C4H9NO2/c1-20-6-9-25-18-24(12-13-27(25)32(20)21(2)33)23-10-7-22(8-11-23)19-31-16-14-26(15-17-31)30-28(34)35-29(3,4)5;1-3(2)7-4(5)6/h7-8,10-13,18,20,26H,6,9,14-17,19H2,1-5H3,(H,30,34);3H,1-2H3,(H2,5,6)/t20-;/m0./s1. The van der Waals surface area contributed by atoms with Gasteiger partial charge in [-0.1, -0.05) is 30.3 Å². The highest BCUT2D eigenvalue weighted by molar-refractivity contribution is 5.94. The molecule has 0 aromatic heterocycles. The van der Waals surface area contributed by atoms with E-state index >= 15 is 0 Å². The first kappa shape index (κ1) is 32.9. The Morgan fingerprint density at radius 2 is 1.62 bits per heavy atom. The van der Waals surface area contributed by atoms with E-state index in [0.717, 1.165) is 51.0 Å². The first-order valence-electron chi connectivity index (χ1n) is 14.9. The zero-order valence-electron chi connectivity index (χ0n) is 26.2. The molecule has 2 aromatic carbocycles. The molecule has 0 spiro atoms. The molecule has 9 nitrogen and oxygen atoms in total. The highest BCUT2D eigenvalue weighted by Crippen LogP contribution is 2.34. The van der Waals surface area contributed by atoms with Crippen molar-refractivity contribution in [1.29, 1.82) is 0 Å². The number of fused-ring (bicyclic) bond motifs is 1. The number of nitrogens with one attached hydrogen (secondary N) is 1. The number of nitrogens with two attached hydrogens (primary N) is 1. The topological polar surface area (TPSA) is 114 Å². The average molecular weight is 581 g/mol. The van der Waals surface area contributed by atoms with Crippen molar-refractivity contribution in [2.24, 2.45) is 5.73 Å². The van der Waals surface area contributed by atoms with Crippen molar-refractivity contribution in [3.8, 4) is 11.1 Å². The van der Waals surface area contributed by atoms with Crippen molar-refractivity contribution < 1.29 is 23.9 Å². The molecule has 0 unspecified atom stereocenters. The van der Waals surface area contributed by atoms with Crippen LogP contribution in [0.1, 0.15) is 78.9 Å². The maximum absolute atomic E-state index is 12.1. The van der Waals surface area contributed by atoms with Crippen molar-refractivity contribution in [2.75, 3.05) is 18.0 Å². The molecule has 2 heterocycles. The number of ether oxygens (including phenoxy) is 2. The lowest BCUT2D eigenvalue weighted by Gasteiger charge is -2.35. The fourth-order valence-corrected chi connectivity index (χ4v) is 5.41. The third-order valence-electron chi connectivity index (χ3n) is 7.30. The van der Waals surface area contributed by atoms with E-state index in [9.17, 15) is 14.4 Å². The molecule has 0 aliphatic carbocycles. The van der Waals surface area contributed by atoms with Crippen LogP contribution in [0.4, 0.5) is 15.3 Å². The van der Waals surface area contributed by atoms with Crippen LogP contribution in [0.3, 0.4) is 0 Å². The second-order valence-corrected chi connectivity index (χ2v) is 12.5. The normalized spacial score (nSPS) is 17.5. The molecular formula is C33H48N4O5. The first-order chi connectivity index (χ1) is 19.7. The van der Waals surface area contributed by atoms with Gasteiger partial charge < -0.3 is 25.4 Å². The molecule has 3 amide bonds. The van der Waals surface area contributed by atoms with Crippen LogP contribution < -0.4 is 16.0 Å². The molecule has 2 aliphatic heterocycles. The lowest BCUT2D eigenvalue weighted by atomic mass is 9.93. The average Bonchev–Trinajstić information content (AvgIpc) is 2.88. The van der Waals surface area contributed by atoms with E-state index in [1.54, 1.807) is 20.8 Å². The fraction of sp³-hybridized carbons (Fsp3) is 0.545. The Balaban J connectivity index is 0.000000616. The molecule has 0 bridgehead atoms. The summed E-state index contributed by atoms with van der Waals surface area (Å²) in [6, 6.07) is 15.7. The Hall–Kier alpha value is -3.59. The number of carbonyl (C=O) groups excluding carboxylic acids is 3. The highest BCUT2D eigenvalue weighted by Gasteiger charge is 2.26. The maximum atomic E-state index is 12.1. The van der Waals surface area contributed by atoms with Crippen LogP contribution in [0.25, 0.3) is 11.1 Å². The molecule has 42 heavy (non-hydrogen) atoms. The molecular weight excluding hydrogens is 532 g/mol. The summed E-state index contributed by atoms with van der Waals surface area (Å²) < 4.78 is 9.77. The fourth-order valence-electron chi connectivity index (χ4n) is 5.41. The van der Waals surface area contributed by atoms with Crippen molar-refractivity contribution in [1.82, 2.24) is 10.2 Å². The minimum atomic E-state index is -0.713. The molecule has 1 atom stereocenters. The highest BCUT2D eigenvalue weighted by atomic mass is 16.6. The Morgan fingerprint density at radius 3 is 2.14 bits per heavy atom. The molecule has 2 aliphatic rings. The number of piperidine rings is 1. The zero-order valence-corrected chi connectivity index (χ0v) is 26.2. The number of rotatable bonds is 5. The molecule has 9 heteroatoms. The molecule has 0 radical (unpaired) electrons. The Labute approximate surface area is 250 Å². The monoisotopic (exact) mass is 580 g/mol. The number of benzene rings is 2. The van der Waals surface area contributed by atoms with Gasteiger partial charge in [-0.05, 0) is 102 Å². The number of primary amides is 1. The van der Waals surface area contributed by atoms with Crippen molar-refractivity contribution in [2.45, 2.75) is 104 Å². The van der Waals surface area contributed by atoms with Gasteiger partial charge in [0.15, 0.2) is 0 Å². The third kappa shape index (κ3) is 10.0. The van der Waals surface area contributed by atoms with Gasteiger partial charge in [-0.15, -0.1) is 0 Å². The van der Waals surface area contributed by atoms with Crippen molar-refractivity contribution in [3.63, 3.8) is 0 Å². The van der Waals surface area contributed by atoms with Crippen molar-refractivity contribution in [3.05, 3.63) is 53.6 Å². The number of anilines is 1. The van der Waals surface area contributed by atoms with E-state index in [4.69, 9.17) is 4.74 Å². The van der Waals surface area contributed by atoms with Gasteiger partial charge in [-0.3, -0.25) is 9.69 Å². The summed E-state index contributed by atoms with van der Waals surface area (Å²) in [6.45, 7) is 15.7. The predicted octanol–water partition coefficient (Wildman–Crippen LogP) is 6.02. The number of hydrogen-bond acceptors (Lipinski definition) is 6. The van der Waals surface area contributed by atoms with Crippen LogP contribution in [0.15, 0.2) is 42.5 Å². The lowest BCUT2D eigenvalue weighted by molar-refractivity contribution is -0.117. The van der Waals surface area contributed by atoms with Gasteiger partial charge in [-0.2, -0.15) is 0 Å². The Kier molecular flexibility index (Phi) is 11.4. The summed E-state index contributed by atoms with van der Waals surface area (Å²) in [7, 11) is 0. The van der Waals surface area contributed by atoms with Crippen LogP contribution in [0, 0.1) is 0 Å². The smallest absolute Gasteiger partial charge is 0.407 e. The van der Waals surface area contributed by atoms with E-state index in [-0.39, 0.29) is 30.2 Å². The van der Waals surface area contributed by atoms with Crippen LogP contribution in [-0.4, -0.2) is 59.9 Å². The minimum absolute atomic E-state index is 0.0995. The van der Waals surface area contributed by atoms with Gasteiger partial charge >= 0.3 is 12.2 Å².